The number of piperidine rings is 1. The number of hydrogen-bond acceptors (Lipinski definition) is 5. The molecule has 1 aliphatic carbocycles. The average molecular weight is 499 g/mol. The lowest BCUT2D eigenvalue weighted by atomic mass is 9.95. The number of benzene rings is 2. The molecule has 7 nitrogen and oxygen atoms in total. The first kappa shape index (κ1) is 25.4. The van der Waals surface area contributed by atoms with Crippen molar-refractivity contribution in [1.29, 1.82) is 0 Å². The van der Waals surface area contributed by atoms with Crippen molar-refractivity contribution < 1.29 is 22.7 Å². The first-order valence-corrected chi connectivity index (χ1v) is 13.7. The van der Waals surface area contributed by atoms with E-state index in [-0.39, 0.29) is 28.5 Å². The smallest absolute Gasteiger partial charge is 0.243 e. The van der Waals surface area contributed by atoms with E-state index >= 15 is 0 Å². The molecule has 0 aromatic heterocycles. The first-order valence-electron chi connectivity index (χ1n) is 12.2. The van der Waals surface area contributed by atoms with Gasteiger partial charge in [-0.15, -0.1) is 0 Å². The molecule has 2 aromatic rings. The third kappa shape index (κ3) is 5.76. The molecular formula is C27H34N2O5S. The van der Waals surface area contributed by atoms with Gasteiger partial charge in [0.2, 0.25) is 15.9 Å². The normalized spacial score (nSPS) is 18.1. The van der Waals surface area contributed by atoms with Gasteiger partial charge in [0.1, 0.15) is 5.75 Å². The van der Waals surface area contributed by atoms with Crippen LogP contribution >= 0.6 is 0 Å². The van der Waals surface area contributed by atoms with Crippen LogP contribution in [-0.2, 0) is 21.4 Å². The van der Waals surface area contributed by atoms with Crippen molar-refractivity contribution in [3.8, 4) is 5.75 Å². The fourth-order valence-corrected chi connectivity index (χ4v) is 6.24. The van der Waals surface area contributed by atoms with Crippen LogP contribution in [0.4, 0.5) is 0 Å². The predicted molar refractivity (Wildman–Crippen MR) is 134 cm³/mol. The number of ketones is 1. The number of methoxy groups -OCH3 is 1. The zero-order valence-electron chi connectivity index (χ0n) is 20.6. The number of Topliss-reactive ketones (excluding diaryl/α,β-unsaturated/α-hetero) is 1. The second-order valence-electron chi connectivity index (χ2n) is 9.65. The second-order valence-corrected chi connectivity index (χ2v) is 11.6. The summed E-state index contributed by atoms with van der Waals surface area (Å²) >= 11 is 0. The van der Waals surface area contributed by atoms with Crippen LogP contribution in [0.15, 0.2) is 53.4 Å². The van der Waals surface area contributed by atoms with Gasteiger partial charge in [-0.05, 0) is 75.3 Å². The van der Waals surface area contributed by atoms with Crippen LogP contribution in [0.3, 0.4) is 0 Å². The maximum atomic E-state index is 13.6. The summed E-state index contributed by atoms with van der Waals surface area (Å²) in [6, 6.07) is 14.0. The largest absolute Gasteiger partial charge is 0.497 e. The summed E-state index contributed by atoms with van der Waals surface area (Å²) in [7, 11) is -2.03. The van der Waals surface area contributed by atoms with Gasteiger partial charge < -0.3 is 9.64 Å². The third-order valence-corrected chi connectivity index (χ3v) is 9.21. The van der Waals surface area contributed by atoms with Gasteiger partial charge in [-0.2, -0.15) is 4.31 Å². The number of nitrogens with zero attached hydrogens (tertiary/aromatic N) is 2. The Balaban J connectivity index is 1.43. The van der Waals surface area contributed by atoms with E-state index in [0.29, 0.717) is 44.0 Å². The first-order chi connectivity index (χ1) is 16.7. The summed E-state index contributed by atoms with van der Waals surface area (Å²) in [5, 5.41) is 0. The average Bonchev–Trinajstić information content (AvgIpc) is 3.73. The lowest BCUT2D eigenvalue weighted by molar-refractivity contribution is -0.140. The Morgan fingerprint density at radius 1 is 1.00 bits per heavy atom. The van der Waals surface area contributed by atoms with Crippen molar-refractivity contribution in [2.75, 3.05) is 20.2 Å². The van der Waals surface area contributed by atoms with Gasteiger partial charge in [0.15, 0.2) is 5.78 Å². The second kappa shape index (κ2) is 10.5. The monoisotopic (exact) mass is 498 g/mol. The highest BCUT2D eigenvalue weighted by Crippen LogP contribution is 2.37. The molecule has 4 rings (SSSR count). The van der Waals surface area contributed by atoms with Gasteiger partial charge in [0, 0.05) is 37.2 Å². The Kier molecular flexibility index (Phi) is 7.62. The van der Waals surface area contributed by atoms with E-state index in [9.17, 15) is 18.0 Å². The summed E-state index contributed by atoms with van der Waals surface area (Å²) in [5.74, 6) is 1.14. The van der Waals surface area contributed by atoms with E-state index in [1.54, 1.807) is 19.2 Å². The standard InChI is InChI=1S/C27H34N2O5S/c1-19(22-6-7-22)29(18-21-4-10-25(34-3)11-5-21)27(31)24-14-16-28(17-15-24)35(32,33)26-12-8-23(9-13-26)20(2)30/h4-5,8-13,19,22,24H,6-7,14-18H2,1-3H3. The molecule has 8 heteroatoms. The fraction of sp³-hybridized carbons (Fsp3) is 0.481. The van der Waals surface area contributed by atoms with E-state index in [2.05, 4.69) is 6.92 Å². The Labute approximate surface area is 208 Å². The maximum Gasteiger partial charge on any atom is 0.243 e. The molecule has 1 saturated heterocycles. The molecule has 2 aliphatic rings. The lowest BCUT2D eigenvalue weighted by Gasteiger charge is -2.36. The maximum absolute atomic E-state index is 13.6. The highest BCUT2D eigenvalue weighted by atomic mass is 32.2. The van der Waals surface area contributed by atoms with Gasteiger partial charge in [0.05, 0.1) is 12.0 Å². The minimum Gasteiger partial charge on any atom is -0.497 e. The number of rotatable bonds is 9. The number of amides is 1. The van der Waals surface area contributed by atoms with Crippen molar-refractivity contribution in [2.45, 2.75) is 57.0 Å². The Morgan fingerprint density at radius 2 is 1.60 bits per heavy atom. The molecule has 0 N–H and O–H groups in total. The topological polar surface area (TPSA) is 84.0 Å². The Bertz CT molecular complexity index is 1150. The van der Waals surface area contributed by atoms with Crippen LogP contribution in [0.25, 0.3) is 0 Å². The zero-order chi connectivity index (χ0) is 25.2. The van der Waals surface area contributed by atoms with E-state index in [4.69, 9.17) is 4.74 Å². The van der Waals surface area contributed by atoms with Crippen LogP contribution < -0.4 is 4.74 Å². The molecule has 2 fully saturated rings. The molecule has 1 amide bonds. The number of carbonyl (C=O) groups is 2. The summed E-state index contributed by atoms with van der Waals surface area (Å²) in [4.78, 5) is 27.3. The fourth-order valence-electron chi connectivity index (χ4n) is 4.77. The minimum absolute atomic E-state index is 0.104. The van der Waals surface area contributed by atoms with E-state index in [0.717, 1.165) is 24.2 Å². The summed E-state index contributed by atoms with van der Waals surface area (Å²) in [6.45, 7) is 4.74. The van der Waals surface area contributed by atoms with Gasteiger partial charge in [0.25, 0.3) is 0 Å². The van der Waals surface area contributed by atoms with Crippen molar-refractivity contribution in [2.24, 2.45) is 11.8 Å². The van der Waals surface area contributed by atoms with Crippen LogP contribution in [0.2, 0.25) is 0 Å². The van der Waals surface area contributed by atoms with Gasteiger partial charge in [-0.3, -0.25) is 9.59 Å². The Hall–Kier alpha value is -2.71. The molecule has 2 aromatic carbocycles. The molecular weight excluding hydrogens is 464 g/mol. The van der Waals surface area contributed by atoms with Crippen LogP contribution in [-0.4, -0.2) is 55.6 Å². The molecule has 1 heterocycles. The molecule has 1 unspecified atom stereocenters. The predicted octanol–water partition coefficient (Wildman–Crippen LogP) is 4.13. The molecule has 0 spiro atoms. The summed E-state index contributed by atoms with van der Waals surface area (Å²) in [5.41, 5.74) is 1.54. The number of ether oxygens (including phenoxy) is 1. The van der Waals surface area contributed by atoms with Crippen molar-refractivity contribution >= 4 is 21.7 Å². The number of carbonyl (C=O) groups excluding carboxylic acids is 2. The highest BCUT2D eigenvalue weighted by molar-refractivity contribution is 7.89. The van der Waals surface area contributed by atoms with Gasteiger partial charge in [-0.25, -0.2) is 8.42 Å². The molecule has 1 saturated carbocycles. The van der Waals surface area contributed by atoms with Crippen LogP contribution in [0.1, 0.15) is 55.5 Å². The van der Waals surface area contributed by atoms with Gasteiger partial charge in [-0.1, -0.05) is 24.3 Å². The zero-order valence-corrected chi connectivity index (χ0v) is 21.5. The lowest BCUT2D eigenvalue weighted by Crippen LogP contribution is -2.47. The molecule has 1 atom stereocenters. The highest BCUT2D eigenvalue weighted by Gasteiger charge is 2.39. The molecule has 1 aliphatic heterocycles. The molecule has 0 bridgehead atoms. The number of sulfonamides is 1. The quantitative estimate of drug-likeness (QED) is 0.486. The van der Waals surface area contributed by atoms with Gasteiger partial charge >= 0.3 is 0 Å². The summed E-state index contributed by atoms with van der Waals surface area (Å²) < 4.78 is 32.9. The van der Waals surface area contributed by atoms with E-state index in [1.165, 1.54) is 23.4 Å². The summed E-state index contributed by atoms with van der Waals surface area (Å²) in [6.07, 6.45) is 3.29. The SMILES string of the molecule is COc1ccc(CN(C(=O)C2CCN(S(=O)(=O)c3ccc(C(C)=O)cc3)CC2)C(C)C2CC2)cc1. The molecule has 35 heavy (non-hydrogen) atoms. The van der Waals surface area contributed by atoms with E-state index in [1.807, 2.05) is 29.2 Å². The van der Waals surface area contributed by atoms with Crippen LogP contribution in [0, 0.1) is 11.8 Å². The van der Waals surface area contributed by atoms with Crippen molar-refractivity contribution in [1.82, 2.24) is 9.21 Å². The number of hydrogen-bond donors (Lipinski definition) is 0. The molecule has 0 radical (unpaired) electrons. The Morgan fingerprint density at radius 3 is 2.11 bits per heavy atom. The molecule has 188 valence electrons. The van der Waals surface area contributed by atoms with Crippen molar-refractivity contribution in [3.63, 3.8) is 0 Å². The third-order valence-electron chi connectivity index (χ3n) is 7.29. The minimum atomic E-state index is -3.66. The van der Waals surface area contributed by atoms with E-state index < -0.39 is 10.0 Å². The van der Waals surface area contributed by atoms with Crippen LogP contribution in [0.5, 0.6) is 5.75 Å². The van der Waals surface area contributed by atoms with Crippen molar-refractivity contribution in [3.05, 3.63) is 59.7 Å².